The van der Waals surface area contributed by atoms with Crippen LogP contribution < -0.4 is 14.4 Å². The molecule has 166 valence electrons. The van der Waals surface area contributed by atoms with Crippen molar-refractivity contribution in [3.05, 3.63) is 58.1 Å². The molecule has 8 heteroatoms. The minimum absolute atomic E-state index is 0.0986. The molecule has 1 amide bonds. The first-order valence-electron chi connectivity index (χ1n) is 10.6. The minimum Gasteiger partial charge on any atom is -0.476 e. The Labute approximate surface area is 188 Å². The number of nitrogens with zero attached hydrogens (tertiary/aromatic N) is 1. The number of sulfonamides is 1. The highest BCUT2D eigenvalue weighted by atomic mass is 35.5. The van der Waals surface area contributed by atoms with Gasteiger partial charge in [-0.1, -0.05) is 36.7 Å². The summed E-state index contributed by atoms with van der Waals surface area (Å²) < 4.78 is 31.8. The summed E-state index contributed by atoms with van der Waals surface area (Å²) in [6, 6.07) is 11.0. The van der Waals surface area contributed by atoms with Crippen molar-refractivity contribution in [3.8, 4) is 5.75 Å². The molecule has 0 saturated carbocycles. The van der Waals surface area contributed by atoms with E-state index < -0.39 is 16.1 Å². The molecule has 0 aromatic heterocycles. The Morgan fingerprint density at radius 3 is 2.65 bits per heavy atom. The maximum absolute atomic E-state index is 13.1. The van der Waals surface area contributed by atoms with Gasteiger partial charge in [-0.2, -0.15) is 0 Å². The van der Waals surface area contributed by atoms with Crippen molar-refractivity contribution in [2.24, 2.45) is 0 Å². The second-order valence-corrected chi connectivity index (χ2v) is 10.6. The van der Waals surface area contributed by atoms with Gasteiger partial charge < -0.3 is 10.1 Å². The van der Waals surface area contributed by atoms with E-state index in [2.05, 4.69) is 23.5 Å². The summed E-state index contributed by atoms with van der Waals surface area (Å²) in [5, 5.41) is 3.46. The quantitative estimate of drug-likeness (QED) is 0.728. The molecule has 2 aliphatic rings. The second-order valence-electron chi connectivity index (χ2n) is 8.22. The van der Waals surface area contributed by atoms with Crippen LogP contribution in [0.1, 0.15) is 48.9 Å². The van der Waals surface area contributed by atoms with Gasteiger partial charge in [-0.25, -0.2) is 8.42 Å². The predicted octanol–water partition coefficient (Wildman–Crippen LogP) is 4.01. The van der Waals surface area contributed by atoms with E-state index in [1.807, 2.05) is 6.92 Å². The smallest absolute Gasteiger partial charge is 0.263 e. The lowest BCUT2D eigenvalue weighted by atomic mass is 9.88. The van der Waals surface area contributed by atoms with Crippen molar-refractivity contribution in [2.45, 2.75) is 51.2 Å². The van der Waals surface area contributed by atoms with Gasteiger partial charge in [-0.15, -0.1) is 0 Å². The molecule has 0 unspecified atom stereocenters. The number of fused-ring (bicyclic) bond motifs is 2. The van der Waals surface area contributed by atoms with Crippen LogP contribution >= 0.6 is 11.6 Å². The van der Waals surface area contributed by atoms with Gasteiger partial charge in [0.15, 0.2) is 6.10 Å². The monoisotopic (exact) mass is 462 g/mol. The van der Waals surface area contributed by atoms with Crippen molar-refractivity contribution in [1.29, 1.82) is 0 Å². The molecule has 0 radical (unpaired) electrons. The highest BCUT2D eigenvalue weighted by Gasteiger charge is 2.36. The Kier molecular flexibility index (Phi) is 6.17. The van der Waals surface area contributed by atoms with Gasteiger partial charge in [-0.3, -0.25) is 9.10 Å². The fourth-order valence-electron chi connectivity index (χ4n) is 4.33. The topological polar surface area (TPSA) is 75.7 Å². The third-order valence-electron chi connectivity index (χ3n) is 5.98. The van der Waals surface area contributed by atoms with Crippen LogP contribution in [0.4, 0.5) is 5.69 Å². The molecule has 1 N–H and O–H groups in total. The molecule has 31 heavy (non-hydrogen) atoms. The molecule has 2 aromatic carbocycles. The van der Waals surface area contributed by atoms with E-state index in [9.17, 15) is 13.2 Å². The molecule has 0 spiro atoms. The van der Waals surface area contributed by atoms with Crippen LogP contribution in [0.2, 0.25) is 5.02 Å². The first-order valence-corrected chi connectivity index (χ1v) is 12.8. The van der Waals surface area contributed by atoms with Crippen molar-refractivity contribution in [1.82, 2.24) is 5.32 Å². The molecule has 6 nitrogen and oxygen atoms in total. The number of ether oxygens (including phenoxy) is 1. The number of anilines is 1. The van der Waals surface area contributed by atoms with Crippen molar-refractivity contribution in [2.75, 3.05) is 17.1 Å². The maximum Gasteiger partial charge on any atom is 0.263 e. The summed E-state index contributed by atoms with van der Waals surface area (Å²) in [7, 11) is -3.60. The van der Waals surface area contributed by atoms with Gasteiger partial charge in [0.2, 0.25) is 10.0 Å². The van der Waals surface area contributed by atoms with E-state index in [1.54, 1.807) is 12.1 Å². The number of aryl methyl sites for hydroxylation is 2. The van der Waals surface area contributed by atoms with Gasteiger partial charge >= 0.3 is 0 Å². The Morgan fingerprint density at radius 1 is 1.19 bits per heavy atom. The summed E-state index contributed by atoms with van der Waals surface area (Å²) >= 11 is 6.04. The lowest BCUT2D eigenvalue weighted by Crippen LogP contribution is -2.51. The second kappa shape index (κ2) is 8.71. The molecule has 0 fully saturated rings. The number of hydrogen-bond donors (Lipinski definition) is 1. The Morgan fingerprint density at radius 2 is 1.94 bits per heavy atom. The molecule has 2 aromatic rings. The van der Waals surface area contributed by atoms with Crippen LogP contribution in [-0.2, 0) is 27.7 Å². The van der Waals surface area contributed by atoms with Crippen LogP contribution in [-0.4, -0.2) is 33.2 Å². The number of carbonyl (C=O) groups excluding carboxylic acids is 1. The zero-order valence-electron chi connectivity index (χ0n) is 17.7. The molecule has 4 rings (SSSR count). The Bertz CT molecular complexity index is 1100. The van der Waals surface area contributed by atoms with E-state index in [0.29, 0.717) is 16.5 Å². The molecule has 1 aliphatic heterocycles. The summed E-state index contributed by atoms with van der Waals surface area (Å²) in [5.41, 5.74) is 4.17. The Balaban J connectivity index is 1.55. The first-order chi connectivity index (χ1) is 14.8. The Hall–Kier alpha value is -2.25. The molecule has 2 atom stereocenters. The molecule has 1 aliphatic carbocycles. The zero-order chi connectivity index (χ0) is 22.2. The van der Waals surface area contributed by atoms with Gasteiger partial charge in [-0.05, 0) is 67.0 Å². The number of nitrogens with one attached hydrogen (secondary N) is 1. The average molecular weight is 463 g/mol. The average Bonchev–Trinajstić information content (AvgIpc) is 2.75. The summed E-state index contributed by atoms with van der Waals surface area (Å²) in [5.74, 6) is -0.0122. The predicted molar refractivity (Wildman–Crippen MR) is 122 cm³/mol. The largest absolute Gasteiger partial charge is 0.476 e. The van der Waals surface area contributed by atoms with Gasteiger partial charge in [0.25, 0.3) is 5.91 Å². The zero-order valence-corrected chi connectivity index (χ0v) is 19.3. The van der Waals surface area contributed by atoms with Gasteiger partial charge in [0, 0.05) is 5.02 Å². The van der Waals surface area contributed by atoms with E-state index in [4.69, 9.17) is 16.3 Å². The number of hydrogen-bond acceptors (Lipinski definition) is 4. The van der Waals surface area contributed by atoms with Crippen LogP contribution in [0.3, 0.4) is 0 Å². The molecule has 1 heterocycles. The van der Waals surface area contributed by atoms with Crippen molar-refractivity contribution < 1.29 is 17.9 Å². The summed E-state index contributed by atoms with van der Waals surface area (Å²) in [4.78, 5) is 13.1. The van der Waals surface area contributed by atoms with Gasteiger partial charge in [0.05, 0.1) is 24.5 Å². The lowest BCUT2D eigenvalue weighted by Gasteiger charge is -2.34. The fourth-order valence-corrected chi connectivity index (χ4v) is 5.40. The summed E-state index contributed by atoms with van der Waals surface area (Å²) in [6.07, 6.45) is 5.49. The van der Waals surface area contributed by atoms with Crippen LogP contribution in [0, 0.1) is 0 Å². The summed E-state index contributed by atoms with van der Waals surface area (Å²) in [6.45, 7) is 1.92. The minimum atomic E-state index is -3.60. The van der Waals surface area contributed by atoms with E-state index in [1.165, 1.54) is 34.3 Å². The molecule has 0 saturated heterocycles. The standard InChI is InChI=1S/C23H27ClN2O4S/c1-3-19(17-9-8-15-6-4-5-7-16(15)12-17)25-23(27)22-14-26(31(2,28)29)20-13-18(24)10-11-21(20)30-22/h8-13,19,22H,3-7,14H2,1-2H3,(H,25,27)/t19-,22-/m1/s1. The first kappa shape index (κ1) is 22.0. The number of rotatable bonds is 5. The lowest BCUT2D eigenvalue weighted by molar-refractivity contribution is -0.128. The van der Waals surface area contributed by atoms with Crippen molar-refractivity contribution >= 4 is 33.2 Å². The molecular weight excluding hydrogens is 436 g/mol. The van der Waals surface area contributed by atoms with Crippen LogP contribution in [0.5, 0.6) is 5.75 Å². The fraction of sp³-hybridized carbons (Fsp3) is 0.435. The van der Waals surface area contributed by atoms with Crippen LogP contribution in [0.15, 0.2) is 36.4 Å². The number of amides is 1. The van der Waals surface area contributed by atoms with Crippen molar-refractivity contribution in [3.63, 3.8) is 0 Å². The van der Waals surface area contributed by atoms with Crippen LogP contribution in [0.25, 0.3) is 0 Å². The third-order valence-corrected chi connectivity index (χ3v) is 7.36. The SMILES string of the molecule is CC[C@@H](NC(=O)[C@H]1CN(S(C)(=O)=O)c2cc(Cl)ccc2O1)c1ccc2c(c1)CCCC2. The maximum atomic E-state index is 13.1. The third kappa shape index (κ3) is 4.67. The molecule has 0 bridgehead atoms. The molecular formula is C23H27ClN2O4S. The highest BCUT2D eigenvalue weighted by molar-refractivity contribution is 7.92. The normalized spacial score (nSPS) is 19.1. The number of halogens is 1. The highest BCUT2D eigenvalue weighted by Crippen LogP contribution is 2.37. The van der Waals surface area contributed by atoms with Gasteiger partial charge in [0.1, 0.15) is 5.75 Å². The van der Waals surface area contributed by atoms with E-state index >= 15 is 0 Å². The number of carbonyl (C=O) groups is 1. The van der Waals surface area contributed by atoms with E-state index in [-0.39, 0.29) is 18.5 Å². The number of benzene rings is 2. The van der Waals surface area contributed by atoms with E-state index in [0.717, 1.165) is 31.1 Å².